The number of nitrogens with one attached hydrogen (secondary N) is 2. The zero-order valence-electron chi connectivity index (χ0n) is 13.8. The lowest BCUT2D eigenvalue weighted by Crippen LogP contribution is -2.29. The van der Waals surface area contributed by atoms with E-state index in [1.807, 2.05) is 32.9 Å². The van der Waals surface area contributed by atoms with Gasteiger partial charge in [-0.25, -0.2) is 13.2 Å². The van der Waals surface area contributed by atoms with Crippen molar-refractivity contribution in [3.8, 4) is 0 Å². The third-order valence-corrected chi connectivity index (χ3v) is 5.19. The summed E-state index contributed by atoms with van der Waals surface area (Å²) in [6, 6.07) is 7.41. The maximum absolute atomic E-state index is 11.7. The molecule has 1 heterocycles. The van der Waals surface area contributed by atoms with Crippen LogP contribution in [0.5, 0.6) is 0 Å². The summed E-state index contributed by atoms with van der Waals surface area (Å²) in [6.07, 6.45) is 0.181. The van der Waals surface area contributed by atoms with Gasteiger partial charge in [-0.05, 0) is 44.9 Å². The minimum Gasteiger partial charge on any atom is -0.444 e. The van der Waals surface area contributed by atoms with E-state index in [1.54, 1.807) is 12.1 Å². The van der Waals surface area contributed by atoms with E-state index >= 15 is 0 Å². The first-order chi connectivity index (χ1) is 10.6. The van der Waals surface area contributed by atoms with Crippen molar-refractivity contribution in [2.24, 2.45) is 0 Å². The molecule has 0 radical (unpaired) electrons. The van der Waals surface area contributed by atoms with Crippen molar-refractivity contribution >= 4 is 21.6 Å². The summed E-state index contributed by atoms with van der Waals surface area (Å²) in [5.74, 6) is 0.481. The summed E-state index contributed by atoms with van der Waals surface area (Å²) in [4.78, 5) is 11.7. The van der Waals surface area contributed by atoms with E-state index in [-0.39, 0.29) is 17.5 Å². The number of carbonyl (C=O) groups excluding carboxylic acids is 1. The standard InChI is InChI=1S/C16H24N2O4S/c1-16(2,3)22-15(19)18-13-6-4-12(5-7-13)10-17-14-8-9-23(20,21)11-14/h4-7,14,17H,8-11H2,1-3H3,(H,18,19). The fourth-order valence-electron chi connectivity index (χ4n) is 2.35. The van der Waals surface area contributed by atoms with Gasteiger partial charge in [-0.3, -0.25) is 5.32 Å². The van der Waals surface area contributed by atoms with Crippen molar-refractivity contribution in [2.45, 2.75) is 45.4 Å². The third-order valence-electron chi connectivity index (χ3n) is 3.43. The zero-order valence-corrected chi connectivity index (χ0v) is 14.6. The summed E-state index contributed by atoms with van der Waals surface area (Å²) in [7, 11) is -2.86. The Balaban J connectivity index is 1.82. The van der Waals surface area contributed by atoms with Crippen LogP contribution in [0.2, 0.25) is 0 Å². The van der Waals surface area contributed by atoms with Gasteiger partial charge < -0.3 is 10.1 Å². The molecule has 0 bridgehead atoms. The Bertz CT molecular complexity index is 648. The van der Waals surface area contributed by atoms with Crippen LogP contribution < -0.4 is 10.6 Å². The molecule has 23 heavy (non-hydrogen) atoms. The molecule has 6 nitrogen and oxygen atoms in total. The largest absolute Gasteiger partial charge is 0.444 e. The first-order valence-corrected chi connectivity index (χ1v) is 9.48. The molecule has 7 heteroatoms. The van der Waals surface area contributed by atoms with E-state index in [4.69, 9.17) is 4.74 Å². The van der Waals surface area contributed by atoms with E-state index in [0.717, 1.165) is 5.56 Å². The highest BCUT2D eigenvalue weighted by Crippen LogP contribution is 2.15. The zero-order chi connectivity index (χ0) is 17.1. The average molecular weight is 340 g/mol. The summed E-state index contributed by atoms with van der Waals surface area (Å²) in [5, 5.41) is 5.93. The fourth-order valence-corrected chi connectivity index (χ4v) is 4.05. The second-order valence-corrected chi connectivity index (χ2v) is 9.03. The van der Waals surface area contributed by atoms with Gasteiger partial charge in [0.25, 0.3) is 0 Å². The van der Waals surface area contributed by atoms with Crippen molar-refractivity contribution in [1.29, 1.82) is 0 Å². The number of carbonyl (C=O) groups is 1. The lowest BCUT2D eigenvalue weighted by atomic mass is 10.2. The number of ether oxygens (including phenoxy) is 1. The highest BCUT2D eigenvalue weighted by molar-refractivity contribution is 7.91. The lowest BCUT2D eigenvalue weighted by Gasteiger charge is -2.19. The molecule has 1 aliphatic rings. The van der Waals surface area contributed by atoms with Gasteiger partial charge in [-0.15, -0.1) is 0 Å². The monoisotopic (exact) mass is 340 g/mol. The van der Waals surface area contributed by atoms with Gasteiger partial charge in [0.2, 0.25) is 0 Å². The number of sulfone groups is 1. The lowest BCUT2D eigenvalue weighted by molar-refractivity contribution is 0.0636. The summed E-state index contributed by atoms with van der Waals surface area (Å²) in [6.45, 7) is 6.03. The van der Waals surface area contributed by atoms with Gasteiger partial charge >= 0.3 is 6.09 Å². The summed E-state index contributed by atoms with van der Waals surface area (Å²) >= 11 is 0. The number of hydrogen-bond acceptors (Lipinski definition) is 5. The minimum atomic E-state index is -2.86. The smallest absolute Gasteiger partial charge is 0.412 e. The second-order valence-electron chi connectivity index (χ2n) is 6.80. The van der Waals surface area contributed by atoms with E-state index in [1.165, 1.54) is 0 Å². The molecule has 1 atom stereocenters. The van der Waals surface area contributed by atoms with E-state index in [9.17, 15) is 13.2 Å². The molecule has 128 valence electrons. The number of rotatable bonds is 4. The molecule has 1 amide bonds. The molecule has 2 N–H and O–H groups in total. The van der Waals surface area contributed by atoms with Crippen molar-refractivity contribution in [3.05, 3.63) is 29.8 Å². The molecule has 1 fully saturated rings. The maximum atomic E-state index is 11.7. The molecular formula is C16H24N2O4S. The predicted molar refractivity (Wildman–Crippen MR) is 90.2 cm³/mol. The average Bonchev–Trinajstić information content (AvgIpc) is 2.75. The predicted octanol–water partition coefficient (Wildman–Crippen LogP) is 2.31. The van der Waals surface area contributed by atoms with E-state index in [2.05, 4.69) is 10.6 Å². The van der Waals surface area contributed by atoms with Crippen LogP contribution in [0, 0.1) is 0 Å². The normalized spacial score (nSPS) is 20.2. The van der Waals surface area contributed by atoms with E-state index in [0.29, 0.717) is 18.7 Å². The molecule has 2 rings (SSSR count). The van der Waals surface area contributed by atoms with Crippen LogP contribution in [0.15, 0.2) is 24.3 Å². The highest BCUT2D eigenvalue weighted by Gasteiger charge is 2.27. The number of anilines is 1. The van der Waals surface area contributed by atoms with Gasteiger partial charge in [0.05, 0.1) is 11.5 Å². The Morgan fingerprint density at radius 2 is 1.91 bits per heavy atom. The van der Waals surface area contributed by atoms with Gasteiger partial charge in [0.15, 0.2) is 9.84 Å². The topological polar surface area (TPSA) is 84.5 Å². The first kappa shape index (κ1) is 17.7. The SMILES string of the molecule is CC(C)(C)OC(=O)Nc1ccc(CNC2CCS(=O)(=O)C2)cc1. The summed E-state index contributed by atoms with van der Waals surface area (Å²) < 4.78 is 28.0. The van der Waals surface area contributed by atoms with Crippen LogP contribution in [-0.2, 0) is 21.1 Å². The summed E-state index contributed by atoms with van der Waals surface area (Å²) in [5.41, 5.74) is 1.16. The molecule has 0 spiro atoms. The second kappa shape index (κ2) is 6.88. The minimum absolute atomic E-state index is 0.0274. The Hall–Kier alpha value is -1.60. The molecule has 1 aliphatic heterocycles. The fraction of sp³-hybridized carbons (Fsp3) is 0.562. The number of benzene rings is 1. The van der Waals surface area contributed by atoms with Crippen LogP contribution in [0.4, 0.5) is 10.5 Å². The molecule has 1 aromatic rings. The van der Waals surface area contributed by atoms with Crippen molar-refractivity contribution in [3.63, 3.8) is 0 Å². The van der Waals surface area contributed by atoms with E-state index < -0.39 is 21.5 Å². The van der Waals surface area contributed by atoms with Crippen molar-refractivity contribution < 1.29 is 17.9 Å². The molecule has 1 aromatic carbocycles. The van der Waals surface area contributed by atoms with Crippen LogP contribution in [-0.4, -0.2) is 37.7 Å². The molecule has 1 saturated heterocycles. The van der Waals surface area contributed by atoms with Gasteiger partial charge in [-0.1, -0.05) is 12.1 Å². The molecule has 0 aliphatic carbocycles. The molecular weight excluding hydrogens is 316 g/mol. The Morgan fingerprint density at radius 3 is 2.43 bits per heavy atom. The molecule has 0 saturated carbocycles. The Morgan fingerprint density at radius 1 is 1.26 bits per heavy atom. The van der Waals surface area contributed by atoms with Gasteiger partial charge in [0, 0.05) is 18.3 Å². The van der Waals surface area contributed by atoms with Crippen LogP contribution in [0.3, 0.4) is 0 Å². The van der Waals surface area contributed by atoms with Crippen LogP contribution in [0.1, 0.15) is 32.8 Å². The Labute approximate surface area is 137 Å². The molecule has 0 aromatic heterocycles. The first-order valence-electron chi connectivity index (χ1n) is 7.66. The van der Waals surface area contributed by atoms with Crippen LogP contribution >= 0.6 is 0 Å². The Kier molecular flexibility index (Phi) is 5.31. The quantitative estimate of drug-likeness (QED) is 0.878. The van der Waals surface area contributed by atoms with Gasteiger partial charge in [0.1, 0.15) is 5.60 Å². The molecule has 1 unspecified atom stereocenters. The number of hydrogen-bond donors (Lipinski definition) is 2. The van der Waals surface area contributed by atoms with Crippen molar-refractivity contribution in [2.75, 3.05) is 16.8 Å². The van der Waals surface area contributed by atoms with Gasteiger partial charge in [-0.2, -0.15) is 0 Å². The maximum Gasteiger partial charge on any atom is 0.412 e. The highest BCUT2D eigenvalue weighted by atomic mass is 32.2. The third kappa shape index (κ3) is 6.19. The van der Waals surface area contributed by atoms with Crippen molar-refractivity contribution in [1.82, 2.24) is 5.32 Å². The number of amides is 1. The van der Waals surface area contributed by atoms with Crippen LogP contribution in [0.25, 0.3) is 0 Å².